The fourth-order valence-corrected chi connectivity index (χ4v) is 2.02. The molecule has 1 aromatic heterocycles. The number of benzene rings is 1. The van der Waals surface area contributed by atoms with Gasteiger partial charge in [-0.3, -0.25) is 9.59 Å². The standard InChI is InChI=1S/C15H14N2O4/c1-9-6-7-17(14(19)12(9)15(20)21)8-10-2-4-11(5-3-10)13(16)18/h2-7H,8H2,1H3,(H2,16,18)(H,20,21). The smallest absolute Gasteiger partial charge is 0.341 e. The van der Waals surface area contributed by atoms with Gasteiger partial charge in [-0.25, -0.2) is 4.79 Å². The van der Waals surface area contributed by atoms with Gasteiger partial charge in [-0.05, 0) is 36.2 Å². The van der Waals surface area contributed by atoms with Crippen LogP contribution in [-0.2, 0) is 6.54 Å². The molecular weight excluding hydrogens is 272 g/mol. The van der Waals surface area contributed by atoms with E-state index in [0.717, 1.165) is 5.56 Å². The molecule has 1 aromatic carbocycles. The van der Waals surface area contributed by atoms with E-state index in [4.69, 9.17) is 10.8 Å². The van der Waals surface area contributed by atoms with Crippen LogP contribution in [0, 0.1) is 6.92 Å². The summed E-state index contributed by atoms with van der Waals surface area (Å²) in [6, 6.07) is 8.06. The molecule has 0 aliphatic heterocycles. The Labute approximate surface area is 120 Å². The number of nitrogens with two attached hydrogens (primary N) is 1. The summed E-state index contributed by atoms with van der Waals surface area (Å²) >= 11 is 0. The third-order valence-electron chi connectivity index (χ3n) is 3.18. The van der Waals surface area contributed by atoms with Crippen LogP contribution < -0.4 is 11.3 Å². The lowest BCUT2D eigenvalue weighted by atomic mass is 10.1. The normalized spacial score (nSPS) is 10.3. The van der Waals surface area contributed by atoms with Crippen molar-refractivity contribution in [2.75, 3.05) is 0 Å². The Hall–Kier alpha value is -2.89. The molecule has 3 N–H and O–H groups in total. The van der Waals surface area contributed by atoms with E-state index in [9.17, 15) is 14.4 Å². The summed E-state index contributed by atoms with van der Waals surface area (Å²) in [5, 5.41) is 9.07. The van der Waals surface area contributed by atoms with E-state index in [1.165, 1.54) is 4.57 Å². The number of hydrogen-bond acceptors (Lipinski definition) is 3. The Morgan fingerprint density at radius 3 is 2.33 bits per heavy atom. The molecule has 6 nitrogen and oxygen atoms in total. The van der Waals surface area contributed by atoms with Crippen molar-refractivity contribution in [3.05, 3.63) is 69.1 Å². The molecule has 0 aliphatic rings. The molecule has 1 amide bonds. The highest BCUT2D eigenvalue weighted by molar-refractivity contribution is 5.92. The molecule has 0 atom stereocenters. The van der Waals surface area contributed by atoms with Crippen molar-refractivity contribution >= 4 is 11.9 Å². The fourth-order valence-electron chi connectivity index (χ4n) is 2.02. The highest BCUT2D eigenvalue weighted by Crippen LogP contribution is 2.07. The van der Waals surface area contributed by atoms with Crippen molar-refractivity contribution in [2.45, 2.75) is 13.5 Å². The molecule has 108 valence electrons. The number of rotatable bonds is 4. The number of aryl methyl sites for hydroxylation is 1. The second-order valence-electron chi connectivity index (χ2n) is 4.67. The van der Waals surface area contributed by atoms with Crippen LogP contribution in [-0.4, -0.2) is 21.6 Å². The Balaban J connectivity index is 2.36. The predicted octanol–water partition coefficient (Wildman–Crippen LogP) is 1.00. The molecule has 0 saturated heterocycles. The van der Waals surface area contributed by atoms with E-state index in [2.05, 4.69) is 0 Å². The van der Waals surface area contributed by atoms with Gasteiger partial charge in [-0.15, -0.1) is 0 Å². The Bertz CT molecular complexity index is 760. The molecule has 0 bridgehead atoms. The van der Waals surface area contributed by atoms with Gasteiger partial charge in [-0.2, -0.15) is 0 Å². The molecule has 0 aliphatic carbocycles. The van der Waals surface area contributed by atoms with Crippen molar-refractivity contribution in [1.82, 2.24) is 4.57 Å². The summed E-state index contributed by atoms with van der Waals surface area (Å²) in [5.74, 6) is -1.77. The third-order valence-corrected chi connectivity index (χ3v) is 3.18. The number of carbonyl (C=O) groups is 2. The van der Waals surface area contributed by atoms with Crippen LogP contribution in [0.25, 0.3) is 0 Å². The van der Waals surface area contributed by atoms with Crippen LogP contribution in [0.15, 0.2) is 41.3 Å². The first-order chi connectivity index (χ1) is 9.90. The number of primary amides is 1. The third kappa shape index (κ3) is 3.00. The summed E-state index contributed by atoms with van der Waals surface area (Å²) in [5.41, 5.74) is 5.93. The lowest BCUT2D eigenvalue weighted by Crippen LogP contribution is -2.27. The quantitative estimate of drug-likeness (QED) is 0.875. The summed E-state index contributed by atoms with van der Waals surface area (Å²) in [7, 11) is 0. The highest BCUT2D eigenvalue weighted by Gasteiger charge is 2.14. The molecule has 0 radical (unpaired) electrons. The van der Waals surface area contributed by atoms with E-state index >= 15 is 0 Å². The van der Waals surface area contributed by atoms with Gasteiger partial charge in [0.05, 0.1) is 6.54 Å². The van der Waals surface area contributed by atoms with Crippen LogP contribution in [0.5, 0.6) is 0 Å². The number of aromatic nitrogens is 1. The zero-order chi connectivity index (χ0) is 15.6. The summed E-state index contributed by atoms with van der Waals surface area (Å²) < 4.78 is 1.32. The highest BCUT2D eigenvalue weighted by atomic mass is 16.4. The number of carboxylic acid groups (broad SMARTS) is 1. The van der Waals surface area contributed by atoms with E-state index in [-0.39, 0.29) is 12.1 Å². The van der Waals surface area contributed by atoms with Crippen molar-refractivity contribution in [3.8, 4) is 0 Å². The van der Waals surface area contributed by atoms with Gasteiger partial charge >= 0.3 is 5.97 Å². The number of aromatic carboxylic acids is 1. The van der Waals surface area contributed by atoms with Crippen molar-refractivity contribution in [3.63, 3.8) is 0 Å². The number of nitrogens with zero attached hydrogens (tertiary/aromatic N) is 1. The van der Waals surface area contributed by atoms with Gasteiger partial charge in [0.1, 0.15) is 5.56 Å². The monoisotopic (exact) mass is 286 g/mol. The van der Waals surface area contributed by atoms with E-state index in [0.29, 0.717) is 11.1 Å². The van der Waals surface area contributed by atoms with E-state index in [1.807, 2.05) is 0 Å². The molecule has 2 rings (SSSR count). The number of amides is 1. The summed E-state index contributed by atoms with van der Waals surface area (Å²) in [6.45, 7) is 1.80. The maximum absolute atomic E-state index is 12.1. The minimum atomic E-state index is -1.24. The largest absolute Gasteiger partial charge is 0.477 e. The number of carboxylic acids is 1. The van der Waals surface area contributed by atoms with E-state index < -0.39 is 17.4 Å². The Kier molecular flexibility index (Phi) is 3.89. The number of pyridine rings is 1. The molecule has 21 heavy (non-hydrogen) atoms. The summed E-state index contributed by atoms with van der Waals surface area (Å²) in [6.07, 6.45) is 1.55. The van der Waals surface area contributed by atoms with Crippen LogP contribution >= 0.6 is 0 Å². The topological polar surface area (TPSA) is 102 Å². The minimum Gasteiger partial charge on any atom is -0.477 e. The zero-order valence-corrected chi connectivity index (χ0v) is 11.4. The lowest BCUT2D eigenvalue weighted by Gasteiger charge is -2.09. The predicted molar refractivity (Wildman–Crippen MR) is 76.5 cm³/mol. The SMILES string of the molecule is Cc1ccn(Cc2ccc(C(N)=O)cc2)c(=O)c1C(=O)O. The van der Waals surface area contributed by atoms with Crippen LogP contribution in [0.3, 0.4) is 0 Å². The van der Waals surface area contributed by atoms with Gasteiger partial charge in [0, 0.05) is 11.8 Å². The maximum Gasteiger partial charge on any atom is 0.341 e. The van der Waals surface area contributed by atoms with Gasteiger partial charge in [0.25, 0.3) is 5.56 Å². The first kappa shape index (κ1) is 14.5. The molecule has 2 aromatic rings. The second kappa shape index (κ2) is 5.62. The lowest BCUT2D eigenvalue weighted by molar-refractivity contribution is 0.0693. The first-order valence-corrected chi connectivity index (χ1v) is 6.22. The molecular formula is C15H14N2O4. The molecule has 0 saturated carbocycles. The molecule has 0 spiro atoms. The van der Waals surface area contributed by atoms with Crippen LogP contribution in [0.4, 0.5) is 0 Å². The van der Waals surface area contributed by atoms with E-state index in [1.54, 1.807) is 43.5 Å². The van der Waals surface area contributed by atoms with Crippen molar-refractivity contribution in [1.29, 1.82) is 0 Å². The van der Waals surface area contributed by atoms with Gasteiger partial charge in [0.2, 0.25) is 5.91 Å². The molecule has 0 unspecified atom stereocenters. The average molecular weight is 286 g/mol. The summed E-state index contributed by atoms with van der Waals surface area (Å²) in [4.78, 5) is 34.2. The molecule has 0 fully saturated rings. The first-order valence-electron chi connectivity index (χ1n) is 6.22. The van der Waals surface area contributed by atoms with Gasteiger partial charge < -0.3 is 15.4 Å². The van der Waals surface area contributed by atoms with Gasteiger partial charge in [0.15, 0.2) is 0 Å². The van der Waals surface area contributed by atoms with Crippen LogP contribution in [0.1, 0.15) is 31.8 Å². The molecule has 1 heterocycles. The maximum atomic E-state index is 12.1. The zero-order valence-electron chi connectivity index (χ0n) is 11.4. The fraction of sp³-hybridized carbons (Fsp3) is 0.133. The van der Waals surface area contributed by atoms with Crippen molar-refractivity contribution in [2.24, 2.45) is 5.73 Å². The molecule has 6 heteroatoms. The number of hydrogen-bond donors (Lipinski definition) is 2. The van der Waals surface area contributed by atoms with Crippen LogP contribution in [0.2, 0.25) is 0 Å². The minimum absolute atomic E-state index is 0.221. The van der Waals surface area contributed by atoms with Gasteiger partial charge in [-0.1, -0.05) is 12.1 Å². The Morgan fingerprint density at radius 2 is 1.81 bits per heavy atom. The Morgan fingerprint density at radius 1 is 1.19 bits per heavy atom. The second-order valence-corrected chi connectivity index (χ2v) is 4.67. The van der Waals surface area contributed by atoms with Crippen molar-refractivity contribution < 1.29 is 14.7 Å². The average Bonchev–Trinajstić information content (AvgIpc) is 2.42. The number of carbonyl (C=O) groups excluding carboxylic acids is 1.